The Morgan fingerprint density at radius 1 is 0.583 bits per heavy atom. The average molecular weight is 533 g/mol. The number of hydrogen-bond donors (Lipinski definition) is 2. The second-order valence-corrected chi connectivity index (χ2v) is 11.4. The number of quaternary nitrogens is 1. The van der Waals surface area contributed by atoms with Crippen molar-refractivity contribution in [2.45, 2.75) is 155 Å². The monoisotopic (exact) mass is 533 g/mol. The zero-order valence-corrected chi connectivity index (χ0v) is 26.0. The lowest BCUT2D eigenvalue weighted by Gasteiger charge is -2.27. The summed E-state index contributed by atoms with van der Waals surface area (Å²) in [6.07, 6.45) is 34.2. The first-order valence-electron chi connectivity index (χ1n) is 15.8. The molecule has 0 atom stereocenters. The van der Waals surface area contributed by atoms with E-state index in [2.05, 4.69) is 27.6 Å². The number of halogens is 1. The van der Waals surface area contributed by atoms with E-state index in [0.29, 0.717) is 6.61 Å². The number of nitrogens with zero attached hydrogens (tertiary/aromatic N) is 1. The van der Waals surface area contributed by atoms with Crippen molar-refractivity contribution in [2.24, 2.45) is 5.73 Å². The van der Waals surface area contributed by atoms with Crippen LogP contribution in [0.4, 0.5) is 0 Å². The van der Waals surface area contributed by atoms with Gasteiger partial charge in [0.2, 0.25) is 0 Å². The minimum Gasteiger partial charge on any atom is -1.00 e. The lowest BCUT2D eigenvalue weighted by Crippen LogP contribution is -3.00. The molecule has 0 aromatic rings. The van der Waals surface area contributed by atoms with Gasteiger partial charge in [-0.1, -0.05) is 148 Å². The van der Waals surface area contributed by atoms with Gasteiger partial charge in [0.1, 0.15) is 0 Å². The summed E-state index contributed by atoms with van der Waals surface area (Å²) in [5.41, 5.74) is 5.40. The molecule has 0 aromatic carbocycles. The Bertz CT molecular complexity index is 368. The summed E-state index contributed by atoms with van der Waals surface area (Å²) in [6, 6.07) is 0. The number of likely N-dealkylation sites (N-methyl/N-ethyl adjacent to an activating group) is 1. The van der Waals surface area contributed by atoms with Gasteiger partial charge in [-0.3, -0.25) is 0 Å². The van der Waals surface area contributed by atoms with Crippen molar-refractivity contribution < 1.29 is 22.0 Å². The fraction of sp³-hybridized carbons (Fsp3) is 0.938. The molecule has 0 spiro atoms. The molecule has 0 radical (unpaired) electrons. The van der Waals surface area contributed by atoms with Crippen LogP contribution in [0.1, 0.15) is 155 Å². The average Bonchev–Trinajstić information content (AvgIpc) is 2.84. The lowest BCUT2D eigenvalue weighted by atomic mass is 10.0. The zero-order valence-electron chi connectivity index (χ0n) is 25.2. The summed E-state index contributed by atoms with van der Waals surface area (Å²) in [7, 11) is 4.38. The first-order valence-corrected chi connectivity index (χ1v) is 15.8. The second-order valence-electron chi connectivity index (χ2n) is 11.4. The van der Waals surface area contributed by atoms with Gasteiger partial charge in [0.25, 0.3) is 0 Å². The summed E-state index contributed by atoms with van der Waals surface area (Å²) in [5.74, 6) is 0. The molecule has 0 aliphatic heterocycles. The molecule has 0 rings (SSSR count). The predicted molar refractivity (Wildman–Crippen MR) is 160 cm³/mol. The topological polar surface area (TPSA) is 46.2 Å². The standard InChI is InChI=1S/C24H50O.C8H19N2.ClH/c1-2-3-4-5-6-7-8-9-10-11-12-13-14-15-16-17-18-19-20-21-22-23-24-25;1-4-7-10(2,3)8-5-6-9;/h25H,2-24H2,1H3;4H,1,5-9H2,2-3H3;1H/q;+1;/p-1. The van der Waals surface area contributed by atoms with Crippen LogP contribution >= 0.6 is 0 Å². The van der Waals surface area contributed by atoms with Gasteiger partial charge in [-0.2, -0.15) is 0 Å². The van der Waals surface area contributed by atoms with Crippen LogP contribution in [0.15, 0.2) is 12.7 Å². The van der Waals surface area contributed by atoms with Gasteiger partial charge >= 0.3 is 0 Å². The van der Waals surface area contributed by atoms with Crippen molar-refractivity contribution >= 4 is 0 Å². The largest absolute Gasteiger partial charge is 1.00 e. The third-order valence-corrected chi connectivity index (χ3v) is 7.10. The number of aliphatic hydroxyl groups is 1. The highest BCUT2D eigenvalue weighted by Crippen LogP contribution is 2.15. The highest BCUT2D eigenvalue weighted by Gasteiger charge is 2.10. The Hall–Kier alpha value is -0.0900. The van der Waals surface area contributed by atoms with Crippen molar-refractivity contribution in [1.82, 2.24) is 0 Å². The Morgan fingerprint density at radius 2 is 0.889 bits per heavy atom. The zero-order chi connectivity index (χ0) is 26.3. The molecule has 4 heteroatoms. The molecule has 0 bridgehead atoms. The fourth-order valence-electron chi connectivity index (χ4n) is 4.68. The predicted octanol–water partition coefficient (Wildman–Crippen LogP) is 6.18. The molecular weight excluding hydrogens is 464 g/mol. The normalized spacial score (nSPS) is 11.0. The first kappa shape index (κ1) is 40.4. The maximum atomic E-state index is 8.72. The molecule has 0 saturated carbocycles. The van der Waals surface area contributed by atoms with Crippen molar-refractivity contribution in [3.8, 4) is 0 Å². The van der Waals surface area contributed by atoms with E-state index in [4.69, 9.17) is 10.8 Å². The van der Waals surface area contributed by atoms with Gasteiger partial charge in [0, 0.05) is 13.0 Å². The molecule has 0 aliphatic rings. The Morgan fingerprint density at radius 3 is 1.14 bits per heavy atom. The van der Waals surface area contributed by atoms with Crippen LogP contribution in [0.2, 0.25) is 0 Å². The highest BCUT2D eigenvalue weighted by molar-refractivity contribution is 4.64. The van der Waals surface area contributed by atoms with Gasteiger partial charge in [-0.05, 0) is 19.0 Å². The molecule has 0 aliphatic carbocycles. The molecule has 0 fully saturated rings. The fourth-order valence-corrected chi connectivity index (χ4v) is 4.68. The van der Waals surface area contributed by atoms with Gasteiger partial charge in [-0.15, -0.1) is 0 Å². The first-order chi connectivity index (χ1) is 17.0. The minimum absolute atomic E-state index is 0. The summed E-state index contributed by atoms with van der Waals surface area (Å²) < 4.78 is 1.00. The van der Waals surface area contributed by atoms with Gasteiger partial charge in [-0.25, -0.2) is 0 Å². The minimum atomic E-state index is 0. The molecule has 0 unspecified atom stereocenters. The SMILES string of the molecule is C=CC[N+](C)(C)CCCN.CCCCCCCCCCCCCCCCCCCCCCCCO.[Cl-]. The van der Waals surface area contributed by atoms with E-state index in [0.717, 1.165) is 37.0 Å². The molecule has 36 heavy (non-hydrogen) atoms. The molecule has 3 nitrogen and oxygen atoms in total. The van der Waals surface area contributed by atoms with E-state index in [1.165, 1.54) is 135 Å². The smallest absolute Gasteiger partial charge is 0.0966 e. The number of rotatable bonds is 27. The van der Waals surface area contributed by atoms with E-state index in [1.54, 1.807) is 0 Å². The molecular formula is C32H69ClN2O. The Kier molecular flexibility index (Phi) is 39.2. The third-order valence-electron chi connectivity index (χ3n) is 7.10. The van der Waals surface area contributed by atoms with E-state index in [9.17, 15) is 0 Å². The van der Waals surface area contributed by atoms with Crippen LogP contribution in [-0.2, 0) is 0 Å². The molecule has 0 aromatic heterocycles. The molecule has 0 heterocycles. The van der Waals surface area contributed by atoms with Crippen molar-refractivity contribution in [3.05, 3.63) is 12.7 Å². The van der Waals surface area contributed by atoms with Crippen molar-refractivity contribution in [3.63, 3.8) is 0 Å². The summed E-state index contributed by atoms with van der Waals surface area (Å²) in [4.78, 5) is 0. The molecule has 220 valence electrons. The maximum Gasteiger partial charge on any atom is 0.0966 e. The number of nitrogens with two attached hydrogens (primary N) is 1. The summed E-state index contributed by atoms with van der Waals surface area (Å²) in [5, 5.41) is 8.72. The van der Waals surface area contributed by atoms with E-state index in [1.807, 2.05) is 6.08 Å². The van der Waals surface area contributed by atoms with E-state index in [-0.39, 0.29) is 12.4 Å². The third kappa shape index (κ3) is 38.4. The van der Waals surface area contributed by atoms with Crippen molar-refractivity contribution in [2.75, 3.05) is 40.3 Å². The summed E-state index contributed by atoms with van der Waals surface area (Å²) in [6.45, 7) is 9.34. The van der Waals surface area contributed by atoms with Crippen LogP contribution in [0.5, 0.6) is 0 Å². The van der Waals surface area contributed by atoms with Crippen LogP contribution in [-0.4, -0.2) is 49.9 Å². The summed E-state index contributed by atoms with van der Waals surface area (Å²) >= 11 is 0. The van der Waals surface area contributed by atoms with Crippen molar-refractivity contribution in [1.29, 1.82) is 0 Å². The number of unbranched alkanes of at least 4 members (excludes halogenated alkanes) is 21. The van der Waals surface area contributed by atoms with Crippen LogP contribution in [0, 0.1) is 0 Å². The number of hydrogen-bond acceptors (Lipinski definition) is 2. The van der Waals surface area contributed by atoms with E-state index < -0.39 is 0 Å². The lowest BCUT2D eigenvalue weighted by molar-refractivity contribution is -0.884. The quantitative estimate of drug-likeness (QED) is 0.0753. The van der Waals surface area contributed by atoms with Gasteiger partial charge in [0.15, 0.2) is 0 Å². The highest BCUT2D eigenvalue weighted by atomic mass is 35.5. The molecule has 3 N–H and O–H groups in total. The van der Waals surface area contributed by atoms with Crippen LogP contribution < -0.4 is 18.1 Å². The Labute approximate surface area is 235 Å². The number of aliphatic hydroxyl groups excluding tert-OH is 1. The Balaban J connectivity index is -0.000000834. The van der Waals surface area contributed by atoms with Gasteiger partial charge in [0.05, 0.1) is 27.2 Å². The van der Waals surface area contributed by atoms with Crippen LogP contribution in [0.3, 0.4) is 0 Å². The maximum absolute atomic E-state index is 8.72. The molecule has 0 amide bonds. The second kappa shape index (κ2) is 34.9. The molecule has 0 saturated heterocycles. The van der Waals surface area contributed by atoms with Gasteiger partial charge < -0.3 is 27.7 Å². The van der Waals surface area contributed by atoms with Crippen LogP contribution in [0.25, 0.3) is 0 Å². The van der Waals surface area contributed by atoms with E-state index >= 15 is 0 Å².